The van der Waals surface area contributed by atoms with E-state index in [1.54, 1.807) is 67.8 Å². The smallest absolute Gasteiger partial charge is 0.251 e. The normalized spacial score (nSPS) is 12.9. The van der Waals surface area contributed by atoms with Crippen LogP contribution in [0.4, 0.5) is 20.2 Å². The highest BCUT2D eigenvalue weighted by Gasteiger charge is 2.25. The van der Waals surface area contributed by atoms with Crippen molar-refractivity contribution in [3.63, 3.8) is 0 Å². The topological polar surface area (TPSA) is 217 Å². The molecule has 3 aromatic heterocycles. The molecule has 0 saturated carbocycles. The van der Waals surface area contributed by atoms with E-state index in [-0.39, 0.29) is 74.8 Å². The predicted molar refractivity (Wildman–Crippen MR) is 223 cm³/mol. The molecule has 4 N–H and O–H groups in total. The quantitative estimate of drug-likeness (QED) is 0.0925. The minimum atomic E-state index is -0.483. The average molecular weight is 862 g/mol. The predicted octanol–water partition coefficient (Wildman–Crippen LogP) is 7.67. The number of fused-ring (bicyclic) bond motifs is 4. The van der Waals surface area contributed by atoms with Gasteiger partial charge in [0.25, 0.3) is 11.8 Å². The highest BCUT2D eigenvalue weighted by Crippen LogP contribution is 2.42. The molecule has 5 heterocycles. The van der Waals surface area contributed by atoms with Gasteiger partial charge in [-0.15, -0.1) is 9.81 Å². The van der Waals surface area contributed by atoms with Gasteiger partial charge in [0.2, 0.25) is 11.8 Å². The minimum Gasteiger partial charge on any atom is -0.493 e. The lowest BCUT2D eigenvalue weighted by Gasteiger charge is -2.21. The third-order valence-electron chi connectivity index (χ3n) is 10.4. The van der Waals surface area contributed by atoms with Crippen molar-refractivity contribution in [2.45, 2.75) is 39.8 Å². The van der Waals surface area contributed by atoms with Crippen LogP contribution >= 0.6 is 0 Å². The van der Waals surface area contributed by atoms with Crippen LogP contribution in [0.15, 0.2) is 95.5 Å². The Labute approximate surface area is 355 Å². The Hall–Kier alpha value is -7.77. The molecule has 0 unspecified atom stereocenters. The zero-order valence-corrected chi connectivity index (χ0v) is 33.4. The number of amides is 2. The van der Waals surface area contributed by atoms with Gasteiger partial charge >= 0.3 is 0 Å². The van der Waals surface area contributed by atoms with Crippen LogP contribution < -0.4 is 20.1 Å². The Morgan fingerprint density at radius 2 is 1.17 bits per heavy atom. The van der Waals surface area contributed by atoms with E-state index >= 15 is 0 Å². The number of ether oxygens (including phenoxy) is 4. The van der Waals surface area contributed by atoms with Crippen molar-refractivity contribution in [2.24, 2.45) is 10.4 Å². The van der Waals surface area contributed by atoms with Crippen molar-refractivity contribution >= 4 is 45.0 Å². The summed E-state index contributed by atoms with van der Waals surface area (Å²) in [4.78, 5) is 51.7. The van der Waals surface area contributed by atoms with Crippen LogP contribution in [-0.4, -0.2) is 56.3 Å². The molecule has 0 bridgehead atoms. The molecule has 0 saturated heterocycles. The van der Waals surface area contributed by atoms with Crippen LogP contribution in [0, 0.1) is 21.4 Å². The largest absolute Gasteiger partial charge is 0.493 e. The molecule has 63 heavy (non-hydrogen) atoms. The molecule has 4 aromatic carbocycles. The number of aromatic nitrogens is 3. The number of halogens is 2. The molecule has 0 radical (unpaired) electrons. The van der Waals surface area contributed by atoms with Gasteiger partial charge in [0.1, 0.15) is 23.1 Å². The summed E-state index contributed by atoms with van der Waals surface area (Å²) < 4.78 is 52.6. The number of carbonyl (C=O) groups excluding carboxylic acids is 2. The summed E-state index contributed by atoms with van der Waals surface area (Å²) in [5.74, 6) is -1.40. The Balaban J connectivity index is 0.000000175. The van der Waals surface area contributed by atoms with E-state index in [4.69, 9.17) is 18.9 Å². The van der Waals surface area contributed by atoms with Crippen molar-refractivity contribution in [1.82, 2.24) is 24.8 Å². The van der Waals surface area contributed by atoms with Gasteiger partial charge in [-0.1, -0.05) is 0 Å². The van der Waals surface area contributed by atoms with E-state index in [1.807, 2.05) is 0 Å². The van der Waals surface area contributed by atoms with E-state index in [0.29, 0.717) is 79.8 Å². The summed E-state index contributed by atoms with van der Waals surface area (Å²) in [5, 5.41) is 33.5. The minimum absolute atomic E-state index is 0.0107. The summed E-state index contributed by atoms with van der Waals surface area (Å²) in [7, 11) is 0. The molecule has 7 aromatic rings. The second-order valence-corrected chi connectivity index (χ2v) is 14.4. The molecule has 19 heteroatoms. The third kappa shape index (κ3) is 8.46. The van der Waals surface area contributed by atoms with Crippen molar-refractivity contribution in [1.29, 1.82) is 0 Å². The lowest BCUT2D eigenvalue weighted by Crippen LogP contribution is -2.22. The van der Waals surface area contributed by atoms with E-state index in [2.05, 4.69) is 26.0 Å². The second kappa shape index (κ2) is 18.1. The van der Waals surface area contributed by atoms with Gasteiger partial charge in [0.15, 0.2) is 25.0 Å². The Morgan fingerprint density at radius 1 is 0.698 bits per heavy atom. The maximum absolute atomic E-state index is 14.2. The second-order valence-electron chi connectivity index (χ2n) is 14.4. The van der Waals surface area contributed by atoms with Crippen LogP contribution in [0.2, 0.25) is 0 Å². The molecule has 2 aliphatic rings. The molecule has 9 rings (SSSR count). The zero-order valence-electron chi connectivity index (χ0n) is 33.4. The van der Waals surface area contributed by atoms with Gasteiger partial charge in [-0.2, -0.15) is 0 Å². The molecule has 322 valence electrons. The van der Waals surface area contributed by atoms with Gasteiger partial charge in [-0.05, 0) is 95.6 Å². The number of nitrogens with zero attached hydrogens (tertiary/aromatic N) is 5. The lowest BCUT2D eigenvalue weighted by atomic mass is 10.1. The Morgan fingerprint density at radius 3 is 1.63 bits per heavy atom. The first kappa shape index (κ1) is 41.9. The summed E-state index contributed by atoms with van der Waals surface area (Å²) in [6, 6.07) is 18.2. The van der Waals surface area contributed by atoms with Gasteiger partial charge in [0, 0.05) is 69.6 Å². The first-order valence-corrected chi connectivity index (χ1v) is 19.4. The zero-order chi connectivity index (χ0) is 44.2. The van der Waals surface area contributed by atoms with Crippen LogP contribution in [0.1, 0.15) is 55.5 Å². The molecule has 2 amide bonds. The maximum Gasteiger partial charge on any atom is 0.251 e. The highest BCUT2D eigenvalue weighted by atomic mass is 19.1. The fourth-order valence-corrected chi connectivity index (χ4v) is 7.55. The monoisotopic (exact) mass is 861 g/mol. The van der Waals surface area contributed by atoms with E-state index < -0.39 is 11.6 Å². The number of nitrogens with one attached hydrogen (secondary N) is 2. The van der Waals surface area contributed by atoms with Crippen molar-refractivity contribution in [3.05, 3.63) is 146 Å². The van der Waals surface area contributed by atoms with E-state index in [1.165, 1.54) is 33.4 Å². The van der Waals surface area contributed by atoms with Gasteiger partial charge < -0.3 is 48.9 Å². The van der Waals surface area contributed by atoms with Crippen LogP contribution in [0.3, 0.4) is 0 Å². The fraction of sp³-hybridized carbons (Fsp3) is 0.205. The summed E-state index contributed by atoms with van der Waals surface area (Å²) in [6.07, 6.45) is 3.27. The van der Waals surface area contributed by atoms with Crippen molar-refractivity contribution in [3.8, 4) is 23.3 Å². The fourth-order valence-electron chi connectivity index (χ4n) is 7.55. The summed E-state index contributed by atoms with van der Waals surface area (Å²) >= 11 is 0. The third-order valence-corrected chi connectivity index (χ3v) is 10.4. The standard InChI is InChI=1S/C24H19FN4O5.C20H18FN3O5/c25-18-7-16(22-17(8-18)12-33-13-34-22)11-29-20-9-15(1-2-19(20)21(28-32)24(29)31)23(30)27-10-14-3-5-26-6-4-14;1-2-22-19(25)11-3-4-15-16(7-11)24(20(26)17(15)23-27)8-12-5-14(21)6-13-9-28-10-29-18(12)13/h1-9,31H,10-13H2,(H,27,30);3-7,26H,2,8-10H2,1H3,(H,22,25). The number of hydrogen-bond donors (Lipinski definition) is 4. The molecule has 0 fully saturated rings. The van der Waals surface area contributed by atoms with Crippen molar-refractivity contribution < 1.29 is 47.5 Å². The number of rotatable bonds is 11. The number of nitroso groups, excluding NO2 is 2. The van der Waals surface area contributed by atoms with Gasteiger partial charge in [0.05, 0.1) is 37.3 Å². The van der Waals surface area contributed by atoms with Crippen molar-refractivity contribution in [2.75, 3.05) is 20.1 Å². The van der Waals surface area contributed by atoms with E-state index in [0.717, 1.165) is 5.56 Å². The lowest BCUT2D eigenvalue weighted by molar-refractivity contribution is -0.0174. The number of hydrogen-bond acceptors (Lipinski definition) is 13. The summed E-state index contributed by atoms with van der Waals surface area (Å²) in [5.41, 5.74) is 4.11. The molecule has 0 atom stereocenters. The number of pyridine rings is 1. The summed E-state index contributed by atoms with van der Waals surface area (Å²) in [6.45, 7) is 3.02. The van der Waals surface area contributed by atoms with E-state index in [9.17, 15) is 38.4 Å². The van der Waals surface area contributed by atoms with Crippen LogP contribution in [0.25, 0.3) is 21.8 Å². The average Bonchev–Trinajstić information content (AvgIpc) is 3.72. The molecule has 0 aliphatic carbocycles. The number of aromatic hydroxyl groups is 2. The highest BCUT2D eigenvalue weighted by molar-refractivity contribution is 6.03. The molecular weight excluding hydrogens is 825 g/mol. The Kier molecular flexibility index (Phi) is 12.0. The first-order valence-electron chi connectivity index (χ1n) is 19.4. The van der Waals surface area contributed by atoms with Gasteiger partial charge in [-0.3, -0.25) is 14.6 Å². The molecule has 17 nitrogen and oxygen atoms in total. The number of carbonyl (C=O) groups is 2. The maximum atomic E-state index is 14.2. The van der Waals surface area contributed by atoms with Gasteiger partial charge in [-0.25, -0.2) is 8.78 Å². The molecule has 2 aliphatic heterocycles. The van der Waals surface area contributed by atoms with Crippen LogP contribution in [0.5, 0.6) is 23.3 Å². The Bertz CT molecular complexity index is 2920. The number of benzene rings is 4. The SMILES string of the molecule is CCNC(=O)c1ccc2c(N=O)c(O)n(Cc3cc(F)cc4c3OCOC4)c2c1.O=Nc1c(O)n(Cc2cc(F)cc3c2OCOC3)c2cc(C(=O)NCc3ccncc3)ccc12. The molecule has 0 spiro atoms. The first-order chi connectivity index (χ1) is 30.6. The molecular formula is C44H37F2N7O10. The van der Waals surface area contributed by atoms with Crippen LogP contribution in [-0.2, 0) is 42.3 Å².